The number of hydrogen-bond acceptors (Lipinski definition) is 11. The first-order chi connectivity index (χ1) is 22.0. The lowest BCUT2D eigenvalue weighted by atomic mass is 10.1. The predicted octanol–water partition coefficient (Wildman–Crippen LogP) is 2.10. The van der Waals surface area contributed by atoms with Gasteiger partial charge in [0.15, 0.2) is 23.8 Å². The van der Waals surface area contributed by atoms with E-state index in [1.807, 2.05) is 79.8 Å². The third-order valence-electron chi connectivity index (χ3n) is 7.34. The SMILES string of the molecule is CCN(CCNC(=O)[C@H]1O[C@@H](n2cnc3c(N)ncnc32)[C@H](OP(=O)(O)O)[C@@H]1O)c1ccc(/C=C/C=C/c2ccc(N)cc2)cc1. The number of hydrogen-bond donors (Lipinski definition) is 6. The summed E-state index contributed by atoms with van der Waals surface area (Å²) >= 11 is 0. The second-order valence-electron chi connectivity index (χ2n) is 10.4. The molecule has 4 atom stereocenters. The molecule has 1 fully saturated rings. The van der Waals surface area contributed by atoms with Crippen molar-refractivity contribution in [3.05, 3.63) is 84.5 Å². The predicted molar refractivity (Wildman–Crippen MR) is 173 cm³/mol. The number of imidazole rings is 1. The van der Waals surface area contributed by atoms with Gasteiger partial charge in [-0.05, 0) is 42.3 Å². The van der Waals surface area contributed by atoms with Crippen LogP contribution < -0.4 is 21.7 Å². The number of aliphatic hydroxyl groups is 1. The minimum atomic E-state index is -5.10. The number of nitrogens with two attached hydrogens (primary N) is 2. The zero-order valence-corrected chi connectivity index (χ0v) is 25.7. The van der Waals surface area contributed by atoms with Crippen molar-refractivity contribution in [1.82, 2.24) is 24.8 Å². The second-order valence-corrected chi connectivity index (χ2v) is 11.6. The number of fused-ring (bicyclic) bond motifs is 1. The van der Waals surface area contributed by atoms with Crippen molar-refractivity contribution in [2.45, 2.75) is 31.5 Å². The van der Waals surface area contributed by atoms with E-state index >= 15 is 0 Å². The maximum Gasteiger partial charge on any atom is 0.470 e. The number of carbonyl (C=O) groups is 1. The van der Waals surface area contributed by atoms with Crippen molar-refractivity contribution >= 4 is 54.2 Å². The smallest absolute Gasteiger partial charge is 0.399 e. The number of aliphatic hydroxyl groups excluding tert-OH is 1. The van der Waals surface area contributed by atoms with E-state index in [0.29, 0.717) is 13.1 Å². The van der Waals surface area contributed by atoms with Gasteiger partial charge in [-0.3, -0.25) is 13.9 Å². The highest BCUT2D eigenvalue weighted by Crippen LogP contribution is 2.45. The number of benzene rings is 2. The summed E-state index contributed by atoms with van der Waals surface area (Å²) in [7, 11) is -5.10. The number of rotatable bonds is 12. The fourth-order valence-corrected chi connectivity index (χ4v) is 5.59. The van der Waals surface area contributed by atoms with Crippen molar-refractivity contribution in [1.29, 1.82) is 0 Å². The number of phosphoric ester groups is 1. The third kappa shape index (κ3) is 7.77. The van der Waals surface area contributed by atoms with Gasteiger partial charge in [-0.2, -0.15) is 0 Å². The van der Waals surface area contributed by atoms with Gasteiger partial charge in [0.1, 0.15) is 24.1 Å². The molecule has 46 heavy (non-hydrogen) atoms. The zero-order chi connectivity index (χ0) is 32.8. The van der Waals surface area contributed by atoms with Gasteiger partial charge < -0.3 is 41.3 Å². The minimum Gasteiger partial charge on any atom is -0.399 e. The molecule has 15 nitrogen and oxygen atoms in total. The van der Waals surface area contributed by atoms with Crippen LogP contribution in [0.1, 0.15) is 24.3 Å². The van der Waals surface area contributed by atoms with Gasteiger partial charge in [0, 0.05) is 31.0 Å². The van der Waals surface area contributed by atoms with E-state index < -0.39 is 38.3 Å². The van der Waals surface area contributed by atoms with Gasteiger partial charge >= 0.3 is 7.82 Å². The lowest BCUT2D eigenvalue weighted by Crippen LogP contribution is -2.45. The van der Waals surface area contributed by atoms with E-state index in [4.69, 9.17) is 20.7 Å². The van der Waals surface area contributed by atoms with Crippen molar-refractivity contribution in [2.24, 2.45) is 0 Å². The molecule has 1 aliphatic heterocycles. The maximum atomic E-state index is 13.1. The van der Waals surface area contributed by atoms with Gasteiger partial charge in [-0.1, -0.05) is 48.6 Å². The number of anilines is 3. The van der Waals surface area contributed by atoms with Gasteiger partial charge in [0.2, 0.25) is 0 Å². The molecule has 1 aliphatic rings. The summed E-state index contributed by atoms with van der Waals surface area (Å²) in [5, 5.41) is 13.6. The summed E-state index contributed by atoms with van der Waals surface area (Å²) in [6.45, 7) is 3.29. The van der Waals surface area contributed by atoms with Gasteiger partial charge in [0.05, 0.1) is 6.33 Å². The summed E-state index contributed by atoms with van der Waals surface area (Å²) in [6, 6.07) is 15.6. The molecule has 0 unspecified atom stereocenters. The van der Waals surface area contributed by atoms with Crippen molar-refractivity contribution < 1.29 is 33.5 Å². The number of aromatic nitrogens is 4. The maximum absolute atomic E-state index is 13.1. The monoisotopic (exact) mass is 650 g/mol. The van der Waals surface area contributed by atoms with Crippen LogP contribution in [0, 0.1) is 0 Å². The highest BCUT2D eigenvalue weighted by Gasteiger charge is 2.51. The van der Waals surface area contributed by atoms with Crippen molar-refractivity contribution in [2.75, 3.05) is 36.0 Å². The molecule has 3 heterocycles. The molecular formula is C30H35N8O7P. The molecule has 1 amide bonds. The number of ether oxygens (including phenoxy) is 1. The lowest BCUT2D eigenvalue weighted by Gasteiger charge is -2.24. The van der Waals surface area contributed by atoms with Crippen LogP contribution in [-0.2, 0) is 18.6 Å². The number of nitrogen functional groups attached to an aromatic ring is 2. The molecule has 2 aromatic carbocycles. The summed E-state index contributed by atoms with van der Waals surface area (Å²) in [6.07, 6.45) is 4.11. The van der Waals surface area contributed by atoms with E-state index in [1.54, 1.807) is 0 Å². The molecule has 2 aromatic heterocycles. The molecule has 242 valence electrons. The molecule has 8 N–H and O–H groups in total. The first-order valence-corrected chi connectivity index (χ1v) is 15.9. The molecule has 0 bridgehead atoms. The van der Waals surface area contributed by atoms with E-state index in [-0.39, 0.29) is 23.5 Å². The highest BCUT2D eigenvalue weighted by molar-refractivity contribution is 7.46. The Labute approximate surface area is 264 Å². The Morgan fingerprint density at radius 1 is 1.07 bits per heavy atom. The van der Waals surface area contributed by atoms with Gasteiger partial charge in [0.25, 0.3) is 5.91 Å². The Balaban J connectivity index is 1.19. The Morgan fingerprint density at radius 3 is 2.35 bits per heavy atom. The quantitative estimate of drug-likeness (QED) is 0.0735. The van der Waals surface area contributed by atoms with Gasteiger partial charge in [-0.25, -0.2) is 19.5 Å². The van der Waals surface area contributed by atoms with E-state index in [9.17, 15) is 24.3 Å². The van der Waals surface area contributed by atoms with Crippen LogP contribution in [0.5, 0.6) is 0 Å². The topological polar surface area (TPSA) is 224 Å². The molecule has 0 aliphatic carbocycles. The summed E-state index contributed by atoms with van der Waals surface area (Å²) in [5.74, 6) is -0.616. The van der Waals surface area contributed by atoms with E-state index in [1.165, 1.54) is 17.2 Å². The molecule has 0 spiro atoms. The highest BCUT2D eigenvalue weighted by atomic mass is 31.2. The minimum absolute atomic E-state index is 0.0678. The van der Waals surface area contributed by atoms with Crippen LogP contribution in [0.25, 0.3) is 23.3 Å². The van der Waals surface area contributed by atoms with Crippen molar-refractivity contribution in [3.63, 3.8) is 0 Å². The number of phosphoric acid groups is 1. The lowest BCUT2D eigenvalue weighted by molar-refractivity contribution is -0.137. The van der Waals surface area contributed by atoms with Crippen LogP contribution in [0.15, 0.2) is 73.3 Å². The van der Waals surface area contributed by atoms with Crippen LogP contribution in [0.2, 0.25) is 0 Å². The largest absolute Gasteiger partial charge is 0.470 e. The summed E-state index contributed by atoms with van der Waals surface area (Å²) < 4.78 is 23.7. The molecule has 4 aromatic rings. The fraction of sp³-hybridized carbons (Fsp3) is 0.267. The Kier molecular flexibility index (Phi) is 10.1. The first kappa shape index (κ1) is 32.8. The average molecular weight is 651 g/mol. The van der Waals surface area contributed by atoms with Crippen LogP contribution in [0.3, 0.4) is 0 Å². The second kappa shape index (κ2) is 14.2. The number of nitrogens with zero attached hydrogens (tertiary/aromatic N) is 5. The molecule has 0 radical (unpaired) electrons. The standard InChI is InChI=1S/C30H35N8O7P/c1-2-37(22-13-9-20(10-14-22)6-4-3-5-19-7-11-21(31)12-8-19)16-15-33-29(40)25-24(39)26(45-46(41,42)43)30(44-25)38-18-36-23-27(32)34-17-35-28(23)38/h3-14,17-18,24-26,30,39H,2,15-16,31H2,1H3,(H,33,40)(H2,32,34,35)(H2,41,42,43)/b5-3+,6-4+/t24-,25+,26-,30-/m1/s1. The third-order valence-corrected chi connectivity index (χ3v) is 7.86. The summed E-state index contributed by atoms with van der Waals surface area (Å²) in [4.78, 5) is 46.2. The number of allylic oxidation sites excluding steroid dienone is 2. The van der Waals surface area contributed by atoms with Crippen molar-refractivity contribution in [3.8, 4) is 0 Å². The van der Waals surface area contributed by atoms with E-state index in [0.717, 1.165) is 22.5 Å². The molecule has 1 saturated heterocycles. The fourth-order valence-electron chi connectivity index (χ4n) is 5.04. The normalized spacial score (nSPS) is 20.2. The Morgan fingerprint density at radius 2 is 1.72 bits per heavy atom. The van der Waals surface area contributed by atoms with Crippen LogP contribution in [0.4, 0.5) is 17.2 Å². The number of carbonyl (C=O) groups excluding carboxylic acids is 1. The molecule has 0 saturated carbocycles. The Bertz CT molecular complexity index is 1760. The molecule has 5 rings (SSSR count). The first-order valence-electron chi connectivity index (χ1n) is 14.4. The van der Waals surface area contributed by atoms with Crippen LogP contribution >= 0.6 is 7.82 Å². The van der Waals surface area contributed by atoms with E-state index in [2.05, 4.69) is 25.2 Å². The summed E-state index contributed by atoms with van der Waals surface area (Å²) in [5.41, 5.74) is 15.7. The number of likely N-dealkylation sites (N-methyl/N-ethyl adjacent to an activating group) is 1. The molecule has 16 heteroatoms. The number of amides is 1. The number of nitrogens with one attached hydrogen (secondary N) is 1. The van der Waals surface area contributed by atoms with Crippen LogP contribution in [-0.4, -0.2) is 78.3 Å². The Hall–Kier alpha value is -4.63. The van der Waals surface area contributed by atoms with Gasteiger partial charge in [-0.15, -0.1) is 0 Å². The average Bonchev–Trinajstić information content (AvgIpc) is 3.59. The zero-order valence-electron chi connectivity index (χ0n) is 24.8. The molecular weight excluding hydrogens is 615 g/mol.